The lowest BCUT2D eigenvalue weighted by atomic mass is 9.78. The van der Waals surface area contributed by atoms with Gasteiger partial charge >= 0.3 is 0 Å². The van der Waals surface area contributed by atoms with E-state index in [2.05, 4.69) is 32.7 Å². The molecule has 3 atom stereocenters. The van der Waals surface area contributed by atoms with Gasteiger partial charge in [0.2, 0.25) is 0 Å². The lowest BCUT2D eigenvalue weighted by Crippen LogP contribution is -2.59. The second kappa shape index (κ2) is 4.55. The number of likely N-dealkylation sites (N-methyl/N-ethyl adjacent to an activating group) is 1. The molecule has 2 fully saturated rings. The summed E-state index contributed by atoms with van der Waals surface area (Å²) in [4.78, 5) is 2.63. The van der Waals surface area contributed by atoms with Crippen molar-refractivity contribution in [2.45, 2.75) is 70.9 Å². The first-order valence-corrected chi connectivity index (χ1v) is 7.36. The Labute approximate surface area is 107 Å². The molecule has 0 saturated heterocycles. The zero-order valence-corrected chi connectivity index (χ0v) is 12.1. The molecule has 0 aromatic heterocycles. The van der Waals surface area contributed by atoms with Gasteiger partial charge in [-0.25, -0.2) is 0 Å². The number of nitrogens with zero attached hydrogens (tertiary/aromatic N) is 1. The highest BCUT2D eigenvalue weighted by Crippen LogP contribution is 2.56. The summed E-state index contributed by atoms with van der Waals surface area (Å²) in [5, 5.41) is 0. The van der Waals surface area contributed by atoms with Crippen LogP contribution in [0.1, 0.15) is 59.3 Å². The quantitative estimate of drug-likeness (QED) is 0.816. The van der Waals surface area contributed by atoms with Gasteiger partial charge < -0.3 is 5.73 Å². The van der Waals surface area contributed by atoms with Crippen LogP contribution in [0.5, 0.6) is 0 Å². The molecule has 0 aromatic carbocycles. The van der Waals surface area contributed by atoms with Crippen molar-refractivity contribution in [1.29, 1.82) is 0 Å². The third-order valence-corrected chi connectivity index (χ3v) is 5.93. The Morgan fingerprint density at radius 3 is 2.47 bits per heavy atom. The Kier molecular flexibility index (Phi) is 3.57. The van der Waals surface area contributed by atoms with Crippen LogP contribution in [0.15, 0.2) is 0 Å². The van der Waals surface area contributed by atoms with E-state index < -0.39 is 0 Å². The van der Waals surface area contributed by atoms with Gasteiger partial charge in [0.15, 0.2) is 0 Å². The van der Waals surface area contributed by atoms with Crippen molar-refractivity contribution in [3.05, 3.63) is 0 Å². The Hall–Kier alpha value is -0.0800. The maximum atomic E-state index is 6.13. The minimum atomic E-state index is 0.203. The fourth-order valence-electron chi connectivity index (χ4n) is 3.70. The Balaban J connectivity index is 2.08. The predicted octanol–water partition coefficient (Wildman–Crippen LogP) is 3.01. The van der Waals surface area contributed by atoms with Gasteiger partial charge in [0, 0.05) is 18.1 Å². The molecule has 0 amide bonds. The van der Waals surface area contributed by atoms with Crippen LogP contribution in [0.2, 0.25) is 0 Å². The average Bonchev–Trinajstić information content (AvgIpc) is 3.07. The Morgan fingerprint density at radius 1 is 1.35 bits per heavy atom. The molecule has 100 valence electrons. The topological polar surface area (TPSA) is 29.3 Å². The first-order valence-electron chi connectivity index (χ1n) is 7.36. The van der Waals surface area contributed by atoms with Crippen LogP contribution in [0, 0.1) is 11.3 Å². The van der Waals surface area contributed by atoms with E-state index >= 15 is 0 Å². The highest BCUT2D eigenvalue weighted by Gasteiger charge is 2.55. The van der Waals surface area contributed by atoms with Crippen LogP contribution >= 0.6 is 0 Å². The van der Waals surface area contributed by atoms with Gasteiger partial charge in [-0.15, -0.1) is 0 Å². The fraction of sp³-hybridized carbons (Fsp3) is 1.00. The smallest absolute Gasteiger partial charge is 0.0356 e. The summed E-state index contributed by atoms with van der Waals surface area (Å²) >= 11 is 0. The normalized spacial score (nSPS) is 35.6. The number of rotatable bonds is 4. The standard InChI is InChI=1S/C15H30N2/c1-12-6-5-7-13(10-12)17(4)15(3,11-16)14(2)8-9-14/h12-13H,5-11,16H2,1-4H3. The highest BCUT2D eigenvalue weighted by molar-refractivity contribution is 5.10. The van der Waals surface area contributed by atoms with E-state index in [1.54, 1.807) is 0 Å². The molecule has 0 spiro atoms. The molecule has 2 heteroatoms. The lowest BCUT2D eigenvalue weighted by molar-refractivity contribution is 0.0127. The molecule has 3 unspecified atom stereocenters. The summed E-state index contributed by atoms with van der Waals surface area (Å²) in [5.74, 6) is 0.894. The third kappa shape index (κ3) is 2.26. The zero-order chi connectivity index (χ0) is 12.7. The van der Waals surface area contributed by atoms with Gasteiger partial charge in [-0.2, -0.15) is 0 Å². The van der Waals surface area contributed by atoms with Crippen LogP contribution in [0.3, 0.4) is 0 Å². The van der Waals surface area contributed by atoms with E-state index in [-0.39, 0.29) is 5.54 Å². The van der Waals surface area contributed by atoms with Gasteiger partial charge in [-0.05, 0) is 51.0 Å². The van der Waals surface area contributed by atoms with Crippen LogP contribution < -0.4 is 5.73 Å². The first-order chi connectivity index (χ1) is 7.93. The molecule has 2 N–H and O–H groups in total. The predicted molar refractivity (Wildman–Crippen MR) is 74.0 cm³/mol. The minimum absolute atomic E-state index is 0.203. The van der Waals surface area contributed by atoms with Crippen molar-refractivity contribution in [3.8, 4) is 0 Å². The lowest BCUT2D eigenvalue weighted by Gasteiger charge is -2.49. The van der Waals surface area contributed by atoms with E-state index in [1.807, 2.05) is 0 Å². The molecule has 2 aliphatic rings. The van der Waals surface area contributed by atoms with Crippen molar-refractivity contribution < 1.29 is 0 Å². The zero-order valence-electron chi connectivity index (χ0n) is 12.1. The molecule has 2 saturated carbocycles. The molecule has 0 heterocycles. The summed E-state index contributed by atoms with van der Waals surface area (Å²) in [6, 6.07) is 0.754. The minimum Gasteiger partial charge on any atom is -0.329 e. The highest BCUT2D eigenvalue weighted by atomic mass is 15.2. The van der Waals surface area contributed by atoms with E-state index in [1.165, 1.54) is 38.5 Å². The Morgan fingerprint density at radius 2 is 2.00 bits per heavy atom. The molecule has 0 radical (unpaired) electrons. The third-order valence-electron chi connectivity index (χ3n) is 5.93. The van der Waals surface area contributed by atoms with E-state index in [4.69, 9.17) is 5.73 Å². The van der Waals surface area contributed by atoms with Gasteiger partial charge in [0.05, 0.1) is 0 Å². The maximum absolute atomic E-state index is 6.13. The van der Waals surface area contributed by atoms with Gasteiger partial charge in [0.1, 0.15) is 0 Å². The van der Waals surface area contributed by atoms with Crippen molar-refractivity contribution in [2.75, 3.05) is 13.6 Å². The fourth-order valence-corrected chi connectivity index (χ4v) is 3.70. The Bertz CT molecular complexity index is 272. The van der Waals surface area contributed by atoms with E-state index in [9.17, 15) is 0 Å². The monoisotopic (exact) mass is 238 g/mol. The van der Waals surface area contributed by atoms with Crippen LogP contribution in [0.4, 0.5) is 0 Å². The van der Waals surface area contributed by atoms with Crippen LogP contribution in [-0.2, 0) is 0 Å². The van der Waals surface area contributed by atoms with Gasteiger partial charge in [-0.3, -0.25) is 4.90 Å². The van der Waals surface area contributed by atoms with Gasteiger partial charge in [-0.1, -0.05) is 26.7 Å². The summed E-state index contributed by atoms with van der Waals surface area (Å²) in [5.41, 5.74) is 6.81. The summed E-state index contributed by atoms with van der Waals surface area (Å²) in [6.07, 6.45) is 8.25. The molecule has 0 bridgehead atoms. The molecule has 17 heavy (non-hydrogen) atoms. The molecule has 0 aromatic rings. The van der Waals surface area contributed by atoms with E-state index in [0.717, 1.165) is 18.5 Å². The van der Waals surface area contributed by atoms with E-state index in [0.29, 0.717) is 5.41 Å². The molecular weight excluding hydrogens is 208 g/mol. The maximum Gasteiger partial charge on any atom is 0.0356 e. The van der Waals surface area contributed by atoms with Crippen molar-refractivity contribution >= 4 is 0 Å². The van der Waals surface area contributed by atoms with Crippen molar-refractivity contribution in [1.82, 2.24) is 4.90 Å². The molecule has 2 aliphatic carbocycles. The van der Waals surface area contributed by atoms with Gasteiger partial charge in [0.25, 0.3) is 0 Å². The van der Waals surface area contributed by atoms with Crippen molar-refractivity contribution in [3.63, 3.8) is 0 Å². The first kappa shape index (κ1) is 13.4. The molecule has 0 aliphatic heterocycles. The SMILES string of the molecule is CC1CCCC(N(C)C(C)(CN)C2(C)CC2)C1. The van der Waals surface area contributed by atoms with Crippen LogP contribution in [-0.4, -0.2) is 30.1 Å². The largest absolute Gasteiger partial charge is 0.329 e. The second-order valence-corrected chi connectivity index (χ2v) is 7.08. The molecule has 2 rings (SSSR count). The molecular formula is C15H30N2. The van der Waals surface area contributed by atoms with Crippen LogP contribution in [0.25, 0.3) is 0 Å². The number of nitrogens with two attached hydrogens (primary N) is 1. The van der Waals surface area contributed by atoms with Crippen molar-refractivity contribution in [2.24, 2.45) is 17.1 Å². The summed E-state index contributed by atoms with van der Waals surface area (Å²) in [7, 11) is 2.32. The number of hydrogen-bond acceptors (Lipinski definition) is 2. The molecule has 2 nitrogen and oxygen atoms in total. The average molecular weight is 238 g/mol. The number of hydrogen-bond donors (Lipinski definition) is 1. The summed E-state index contributed by atoms with van der Waals surface area (Å²) in [6.45, 7) is 8.01. The second-order valence-electron chi connectivity index (χ2n) is 7.08. The summed E-state index contributed by atoms with van der Waals surface area (Å²) < 4.78 is 0.